The fourth-order valence-electron chi connectivity index (χ4n) is 6.60. The van der Waals surface area contributed by atoms with Crippen molar-refractivity contribution in [3.8, 4) is 17.2 Å². The molecule has 3 aliphatic rings. The number of carbonyl (C=O) groups is 1. The van der Waals surface area contributed by atoms with E-state index >= 15 is 0 Å². The van der Waals surface area contributed by atoms with Crippen LogP contribution in [0.3, 0.4) is 0 Å². The zero-order valence-electron chi connectivity index (χ0n) is 29.6. The number of halogens is 1. The molecule has 54 heavy (non-hydrogen) atoms. The van der Waals surface area contributed by atoms with E-state index in [-0.39, 0.29) is 30.5 Å². The molecule has 0 radical (unpaired) electrons. The Morgan fingerprint density at radius 1 is 0.852 bits per heavy atom. The number of nitrogens with one attached hydrogen (secondary N) is 2. The third kappa shape index (κ3) is 9.07. The minimum atomic E-state index is -1.50. The number of aliphatic hydroxyl groups is 5. The van der Waals surface area contributed by atoms with Crippen molar-refractivity contribution in [2.45, 2.75) is 88.1 Å². The Labute approximate surface area is 317 Å². The summed E-state index contributed by atoms with van der Waals surface area (Å²) in [6.07, 6.45) is -7.88. The van der Waals surface area contributed by atoms with Crippen LogP contribution in [0.15, 0.2) is 84.0 Å². The van der Waals surface area contributed by atoms with Crippen LogP contribution in [0.25, 0.3) is 6.08 Å². The summed E-state index contributed by atoms with van der Waals surface area (Å²) in [5, 5.41) is 70.1. The number of rotatable bonds is 13. The first-order valence-corrected chi connectivity index (χ1v) is 17.9. The summed E-state index contributed by atoms with van der Waals surface area (Å²) in [5.41, 5.74) is 3.34. The number of amides is 1. The van der Waals surface area contributed by atoms with Gasteiger partial charge < -0.3 is 65.0 Å². The highest BCUT2D eigenvalue weighted by atomic mass is 35.5. The molecule has 290 valence electrons. The lowest BCUT2D eigenvalue weighted by molar-refractivity contribution is -0.155. The molecule has 2 heterocycles. The van der Waals surface area contributed by atoms with E-state index in [1.54, 1.807) is 25.1 Å². The molecule has 15 heteroatoms. The number of phenols is 1. The Balaban J connectivity index is 0.996. The van der Waals surface area contributed by atoms with Gasteiger partial charge in [0.05, 0.1) is 11.1 Å². The van der Waals surface area contributed by atoms with Crippen LogP contribution in [0.2, 0.25) is 5.02 Å². The van der Waals surface area contributed by atoms with Gasteiger partial charge in [-0.3, -0.25) is 4.79 Å². The molecule has 1 aliphatic carbocycles. The first-order valence-electron chi connectivity index (χ1n) is 17.5. The molecule has 0 unspecified atom stereocenters. The second-order valence-electron chi connectivity index (χ2n) is 13.5. The number of ether oxygens (including phenoxy) is 5. The summed E-state index contributed by atoms with van der Waals surface area (Å²) < 4.78 is 28.0. The predicted molar refractivity (Wildman–Crippen MR) is 195 cm³/mol. The van der Waals surface area contributed by atoms with E-state index in [0.29, 0.717) is 28.5 Å². The van der Waals surface area contributed by atoms with Crippen LogP contribution in [0.4, 0.5) is 0 Å². The average molecular weight is 769 g/mol. The fourth-order valence-corrected chi connectivity index (χ4v) is 6.86. The molecule has 10 atom stereocenters. The molecule has 3 fully saturated rings. The highest BCUT2D eigenvalue weighted by molar-refractivity contribution is 6.32. The first kappa shape index (κ1) is 39.6. The molecule has 0 spiro atoms. The van der Waals surface area contributed by atoms with Crippen LogP contribution in [-0.2, 0) is 32.1 Å². The van der Waals surface area contributed by atoms with Crippen LogP contribution < -0.4 is 20.1 Å². The Morgan fingerprint density at radius 2 is 1.56 bits per heavy atom. The zero-order chi connectivity index (χ0) is 38.5. The van der Waals surface area contributed by atoms with Crippen LogP contribution in [0.1, 0.15) is 30.5 Å². The lowest BCUT2D eigenvalue weighted by Gasteiger charge is -2.41. The van der Waals surface area contributed by atoms with Crippen LogP contribution in [0, 0.1) is 0 Å². The minimum Gasteiger partial charge on any atom is -0.504 e. The number of carbonyl (C=O) groups excluding carboxylic acids is 1. The zero-order valence-corrected chi connectivity index (χ0v) is 30.4. The van der Waals surface area contributed by atoms with E-state index in [1.807, 2.05) is 30.3 Å². The third-order valence-electron chi connectivity index (χ3n) is 9.68. The largest absolute Gasteiger partial charge is 0.504 e. The number of aliphatic hydroxyl groups excluding tert-OH is 5. The molecule has 1 saturated carbocycles. The molecule has 2 aliphatic heterocycles. The maximum absolute atomic E-state index is 12.9. The van der Waals surface area contributed by atoms with Gasteiger partial charge in [0.1, 0.15) is 68.0 Å². The lowest BCUT2D eigenvalue weighted by Crippen LogP contribution is -2.67. The normalized spacial score (nSPS) is 29.9. The standard InChI is InChI=1S/C39H45ClN2O12/c1-20(12-13-50-27-10-9-24(15-25(27)40)18-41-17-22-6-4-3-5-7-22)35-33(47)34(48)39(54-35)53-28-11-8-23(16-26(28)43)14-21(2)38(49)42-29-30(44)32(46)37-36(31(29)45)51-19-52-37/h3-12,14-16,29-37,39,41,43-48H,13,17-19H2,1-2H3,(H,42,49)/b20-12+,21-14+/t29-,30+,31-,32-,33+,34+,35-,36+,37-,39-/m1/s1. The second-order valence-corrected chi connectivity index (χ2v) is 14.0. The first-order chi connectivity index (χ1) is 25.9. The van der Waals surface area contributed by atoms with Crippen molar-refractivity contribution >= 4 is 23.6 Å². The molecule has 0 aromatic heterocycles. The number of benzene rings is 3. The van der Waals surface area contributed by atoms with Crippen LogP contribution >= 0.6 is 11.6 Å². The summed E-state index contributed by atoms with van der Waals surface area (Å²) in [6.45, 7) is 4.54. The van der Waals surface area contributed by atoms with Crippen molar-refractivity contribution in [1.29, 1.82) is 0 Å². The van der Waals surface area contributed by atoms with Crippen molar-refractivity contribution < 1.29 is 59.1 Å². The molecular weight excluding hydrogens is 724 g/mol. The van der Waals surface area contributed by atoms with E-state index in [2.05, 4.69) is 22.8 Å². The van der Waals surface area contributed by atoms with Crippen LogP contribution in [0.5, 0.6) is 17.2 Å². The number of aromatic hydroxyl groups is 1. The van der Waals surface area contributed by atoms with Gasteiger partial charge in [0.2, 0.25) is 12.2 Å². The maximum Gasteiger partial charge on any atom is 0.247 e. The Morgan fingerprint density at radius 3 is 2.28 bits per heavy atom. The highest BCUT2D eigenvalue weighted by Crippen LogP contribution is 2.34. The van der Waals surface area contributed by atoms with Crippen molar-refractivity contribution in [3.05, 3.63) is 106 Å². The van der Waals surface area contributed by atoms with Gasteiger partial charge in [-0.15, -0.1) is 0 Å². The van der Waals surface area contributed by atoms with Crippen molar-refractivity contribution in [1.82, 2.24) is 10.6 Å². The molecular formula is C39H45ClN2O12. The van der Waals surface area contributed by atoms with Crippen LogP contribution in [-0.4, -0.2) is 111 Å². The third-order valence-corrected chi connectivity index (χ3v) is 9.97. The summed E-state index contributed by atoms with van der Waals surface area (Å²) >= 11 is 6.47. The molecule has 3 aromatic carbocycles. The summed E-state index contributed by atoms with van der Waals surface area (Å²) in [7, 11) is 0. The smallest absolute Gasteiger partial charge is 0.247 e. The molecule has 6 rings (SSSR count). The Kier molecular flexibility index (Phi) is 12.9. The van der Waals surface area contributed by atoms with Gasteiger partial charge >= 0.3 is 0 Å². The van der Waals surface area contributed by atoms with Gasteiger partial charge in [-0.2, -0.15) is 0 Å². The highest BCUT2D eigenvalue weighted by Gasteiger charge is 2.53. The van der Waals surface area contributed by atoms with Gasteiger partial charge in [0.15, 0.2) is 11.5 Å². The quantitative estimate of drug-likeness (QED) is 0.0925. The van der Waals surface area contributed by atoms with Gasteiger partial charge in [0.25, 0.3) is 0 Å². The van der Waals surface area contributed by atoms with Crippen molar-refractivity contribution in [3.63, 3.8) is 0 Å². The minimum absolute atomic E-state index is 0.0414. The van der Waals surface area contributed by atoms with Gasteiger partial charge in [-0.05, 0) is 72.5 Å². The topological polar surface area (TPSA) is 209 Å². The van der Waals surface area contributed by atoms with Gasteiger partial charge in [0, 0.05) is 18.7 Å². The van der Waals surface area contributed by atoms with Crippen molar-refractivity contribution in [2.75, 3.05) is 13.4 Å². The number of hydrogen-bond acceptors (Lipinski definition) is 13. The summed E-state index contributed by atoms with van der Waals surface area (Å²) in [5.74, 6) is -0.518. The number of phenolic OH excluding ortho intramolecular Hbond substituents is 1. The van der Waals surface area contributed by atoms with E-state index in [4.69, 9.17) is 35.3 Å². The Hall–Kier alpha value is -4.06. The molecule has 1 amide bonds. The van der Waals surface area contributed by atoms with E-state index in [0.717, 1.165) is 12.1 Å². The monoisotopic (exact) mass is 768 g/mol. The SMILES string of the molecule is C/C(=C\c1ccc(O[C@@H]2O[C@H](/C(C)=C/COc3ccc(CNCc4ccccc4)cc3Cl)[C@@H](O)[C@@H]2O)c(O)c1)C(=O)N[C@@H]1[C@H](O)[C@@H](O)[C@H]2OCO[C@H]2[C@@H]1O. The van der Waals surface area contributed by atoms with Crippen molar-refractivity contribution in [2.24, 2.45) is 0 Å². The van der Waals surface area contributed by atoms with E-state index < -0.39 is 67.1 Å². The van der Waals surface area contributed by atoms with E-state index in [9.17, 15) is 35.4 Å². The molecule has 14 nitrogen and oxygen atoms in total. The Bertz CT molecular complexity index is 1830. The molecule has 2 saturated heterocycles. The fraction of sp³-hybridized carbons (Fsp3) is 0.410. The molecule has 0 bridgehead atoms. The lowest BCUT2D eigenvalue weighted by atomic mass is 9.83. The average Bonchev–Trinajstić information content (AvgIpc) is 3.76. The molecule has 3 aromatic rings. The predicted octanol–water partition coefficient (Wildman–Crippen LogP) is 1.91. The van der Waals surface area contributed by atoms with Gasteiger partial charge in [-0.1, -0.05) is 54.1 Å². The summed E-state index contributed by atoms with van der Waals surface area (Å²) in [4.78, 5) is 12.9. The second kappa shape index (κ2) is 17.6. The van der Waals surface area contributed by atoms with Gasteiger partial charge in [-0.25, -0.2) is 0 Å². The summed E-state index contributed by atoms with van der Waals surface area (Å²) in [6, 6.07) is 18.7. The molecule has 8 N–H and O–H groups in total. The number of fused-ring (bicyclic) bond motifs is 1. The van der Waals surface area contributed by atoms with E-state index in [1.165, 1.54) is 30.7 Å². The maximum atomic E-state index is 12.9. The number of hydrogen-bond donors (Lipinski definition) is 8.